The standard InChI is InChI=1S/C21H18N4O4S/c1-2-10-24-30(27,28)18-6-3-5-17(14-18)21(26)25-20-19(7-4-11-23-20)29-15-16-8-12-22-13-9-16/h1,3-9,11-14,24H,10,15H2,(H,23,25,26). The van der Waals surface area contributed by atoms with Crippen LogP contribution in [0.2, 0.25) is 0 Å². The van der Waals surface area contributed by atoms with Crippen LogP contribution in [0, 0.1) is 12.3 Å². The Morgan fingerprint density at radius 3 is 2.67 bits per heavy atom. The third kappa shape index (κ3) is 5.41. The molecule has 2 heterocycles. The van der Waals surface area contributed by atoms with E-state index in [1.165, 1.54) is 30.5 Å². The molecule has 30 heavy (non-hydrogen) atoms. The number of carbonyl (C=O) groups is 1. The lowest BCUT2D eigenvalue weighted by molar-refractivity contribution is 0.102. The summed E-state index contributed by atoms with van der Waals surface area (Å²) in [5, 5.41) is 2.65. The smallest absolute Gasteiger partial charge is 0.256 e. The average Bonchev–Trinajstić information content (AvgIpc) is 2.78. The summed E-state index contributed by atoms with van der Waals surface area (Å²) in [6.07, 6.45) is 9.92. The second-order valence-corrected chi connectivity index (χ2v) is 7.77. The zero-order valence-electron chi connectivity index (χ0n) is 15.8. The number of carbonyl (C=O) groups excluding carboxylic acids is 1. The van der Waals surface area contributed by atoms with Gasteiger partial charge < -0.3 is 10.1 Å². The fourth-order valence-electron chi connectivity index (χ4n) is 2.45. The van der Waals surface area contributed by atoms with Crippen molar-refractivity contribution in [2.24, 2.45) is 0 Å². The number of hydrogen-bond acceptors (Lipinski definition) is 6. The predicted molar refractivity (Wildman–Crippen MR) is 111 cm³/mol. The molecule has 0 aliphatic heterocycles. The Kier molecular flexibility index (Phi) is 6.75. The number of terminal acetylenes is 1. The van der Waals surface area contributed by atoms with Gasteiger partial charge in [0.15, 0.2) is 11.6 Å². The SMILES string of the molecule is C#CCNS(=O)(=O)c1cccc(C(=O)Nc2ncccc2OCc2ccncc2)c1. The van der Waals surface area contributed by atoms with Gasteiger partial charge in [0, 0.05) is 24.2 Å². The number of sulfonamides is 1. The summed E-state index contributed by atoms with van der Waals surface area (Å²) in [6.45, 7) is 0.122. The van der Waals surface area contributed by atoms with Crippen LogP contribution in [-0.4, -0.2) is 30.8 Å². The highest BCUT2D eigenvalue weighted by atomic mass is 32.2. The van der Waals surface area contributed by atoms with Crippen LogP contribution in [-0.2, 0) is 16.6 Å². The second-order valence-electron chi connectivity index (χ2n) is 6.00. The molecule has 3 rings (SSSR count). The first-order valence-corrected chi connectivity index (χ1v) is 10.3. The molecule has 0 fully saturated rings. The van der Waals surface area contributed by atoms with E-state index in [-0.39, 0.29) is 29.4 Å². The van der Waals surface area contributed by atoms with Gasteiger partial charge in [-0.1, -0.05) is 12.0 Å². The fraction of sp³-hybridized carbons (Fsp3) is 0.0952. The number of ether oxygens (including phenoxy) is 1. The van der Waals surface area contributed by atoms with Crippen LogP contribution in [0.15, 0.2) is 72.0 Å². The van der Waals surface area contributed by atoms with E-state index in [0.29, 0.717) is 5.75 Å². The van der Waals surface area contributed by atoms with Crippen LogP contribution in [0.4, 0.5) is 5.82 Å². The zero-order chi connectivity index (χ0) is 21.4. The van der Waals surface area contributed by atoms with Crippen molar-refractivity contribution in [2.75, 3.05) is 11.9 Å². The Hall–Kier alpha value is -3.74. The molecule has 152 valence electrons. The van der Waals surface area contributed by atoms with Crippen molar-refractivity contribution in [1.82, 2.24) is 14.7 Å². The van der Waals surface area contributed by atoms with Crippen molar-refractivity contribution >= 4 is 21.7 Å². The largest absolute Gasteiger partial charge is 0.485 e. The molecular weight excluding hydrogens is 404 g/mol. The predicted octanol–water partition coefficient (Wildman–Crippen LogP) is 2.22. The normalized spacial score (nSPS) is 10.8. The van der Waals surface area contributed by atoms with Crippen LogP contribution in [0.25, 0.3) is 0 Å². The molecule has 2 aromatic heterocycles. The first-order chi connectivity index (χ1) is 14.5. The highest BCUT2D eigenvalue weighted by molar-refractivity contribution is 7.89. The fourth-order valence-corrected chi connectivity index (χ4v) is 3.43. The van der Waals surface area contributed by atoms with Crippen molar-refractivity contribution in [2.45, 2.75) is 11.5 Å². The van der Waals surface area contributed by atoms with Gasteiger partial charge in [-0.15, -0.1) is 6.42 Å². The van der Waals surface area contributed by atoms with E-state index in [1.807, 2.05) is 12.1 Å². The number of benzene rings is 1. The van der Waals surface area contributed by atoms with Gasteiger partial charge in [-0.2, -0.15) is 4.72 Å². The molecule has 0 saturated carbocycles. The highest BCUT2D eigenvalue weighted by Gasteiger charge is 2.17. The summed E-state index contributed by atoms with van der Waals surface area (Å²) < 4.78 is 32.4. The number of amides is 1. The van der Waals surface area contributed by atoms with E-state index in [1.54, 1.807) is 24.5 Å². The third-order valence-electron chi connectivity index (χ3n) is 3.92. The highest BCUT2D eigenvalue weighted by Crippen LogP contribution is 2.23. The molecule has 0 saturated heterocycles. The number of anilines is 1. The maximum absolute atomic E-state index is 12.7. The van der Waals surface area contributed by atoms with Gasteiger partial charge in [0.25, 0.3) is 5.91 Å². The molecule has 1 aromatic carbocycles. The van der Waals surface area contributed by atoms with E-state index in [0.717, 1.165) is 5.56 Å². The lowest BCUT2D eigenvalue weighted by atomic mass is 10.2. The molecule has 0 aliphatic carbocycles. The molecule has 2 N–H and O–H groups in total. The van der Waals surface area contributed by atoms with Gasteiger partial charge in [-0.05, 0) is 48.0 Å². The molecule has 0 aliphatic rings. The Bertz CT molecular complexity index is 1170. The van der Waals surface area contributed by atoms with Crippen LogP contribution < -0.4 is 14.8 Å². The summed E-state index contributed by atoms with van der Waals surface area (Å²) in [5.74, 6) is 2.26. The third-order valence-corrected chi connectivity index (χ3v) is 5.32. The van der Waals surface area contributed by atoms with E-state index < -0.39 is 15.9 Å². The molecule has 0 radical (unpaired) electrons. The van der Waals surface area contributed by atoms with E-state index >= 15 is 0 Å². The molecule has 0 spiro atoms. The second kappa shape index (κ2) is 9.65. The monoisotopic (exact) mass is 422 g/mol. The van der Waals surface area contributed by atoms with Crippen LogP contribution in [0.1, 0.15) is 15.9 Å². The number of aromatic nitrogens is 2. The van der Waals surface area contributed by atoms with Gasteiger partial charge >= 0.3 is 0 Å². The van der Waals surface area contributed by atoms with Crippen LogP contribution in [0.3, 0.4) is 0 Å². The summed E-state index contributed by atoms with van der Waals surface area (Å²) in [4.78, 5) is 20.7. The van der Waals surface area contributed by atoms with Crippen molar-refractivity contribution < 1.29 is 17.9 Å². The molecule has 8 nitrogen and oxygen atoms in total. The average molecular weight is 422 g/mol. The maximum atomic E-state index is 12.7. The number of rotatable bonds is 8. The number of nitrogens with zero attached hydrogens (tertiary/aromatic N) is 2. The molecule has 0 unspecified atom stereocenters. The van der Waals surface area contributed by atoms with E-state index in [2.05, 4.69) is 25.9 Å². The van der Waals surface area contributed by atoms with Crippen molar-refractivity contribution in [3.05, 3.63) is 78.2 Å². The zero-order valence-corrected chi connectivity index (χ0v) is 16.6. The number of hydrogen-bond donors (Lipinski definition) is 2. The van der Waals surface area contributed by atoms with Crippen LogP contribution in [0.5, 0.6) is 5.75 Å². The minimum atomic E-state index is -3.82. The molecule has 9 heteroatoms. The Morgan fingerprint density at radius 1 is 1.10 bits per heavy atom. The van der Waals surface area contributed by atoms with Crippen LogP contribution >= 0.6 is 0 Å². The van der Waals surface area contributed by atoms with E-state index in [4.69, 9.17) is 11.2 Å². The Morgan fingerprint density at radius 2 is 1.90 bits per heavy atom. The molecular formula is C21H18N4O4S. The number of pyridine rings is 2. The molecule has 0 bridgehead atoms. The van der Waals surface area contributed by atoms with Gasteiger partial charge in [0.05, 0.1) is 11.4 Å². The van der Waals surface area contributed by atoms with Crippen molar-refractivity contribution in [3.8, 4) is 18.1 Å². The number of nitrogens with one attached hydrogen (secondary N) is 2. The summed E-state index contributed by atoms with van der Waals surface area (Å²) in [7, 11) is -3.82. The topological polar surface area (TPSA) is 110 Å². The lowest BCUT2D eigenvalue weighted by Gasteiger charge is -2.12. The molecule has 1 amide bonds. The first-order valence-electron chi connectivity index (χ1n) is 8.81. The van der Waals surface area contributed by atoms with Crippen molar-refractivity contribution in [3.63, 3.8) is 0 Å². The Balaban J connectivity index is 1.75. The maximum Gasteiger partial charge on any atom is 0.256 e. The summed E-state index contributed by atoms with van der Waals surface area (Å²) in [6, 6.07) is 12.6. The van der Waals surface area contributed by atoms with Gasteiger partial charge in [0.2, 0.25) is 10.0 Å². The summed E-state index contributed by atoms with van der Waals surface area (Å²) in [5.41, 5.74) is 1.05. The minimum absolute atomic E-state index is 0.0689. The summed E-state index contributed by atoms with van der Waals surface area (Å²) >= 11 is 0. The van der Waals surface area contributed by atoms with Gasteiger partial charge in [-0.25, -0.2) is 13.4 Å². The molecule has 3 aromatic rings. The Labute approximate surface area is 174 Å². The molecule has 0 atom stereocenters. The first kappa shape index (κ1) is 21.0. The van der Waals surface area contributed by atoms with Gasteiger partial charge in [0.1, 0.15) is 6.61 Å². The quantitative estimate of drug-likeness (QED) is 0.539. The minimum Gasteiger partial charge on any atom is -0.485 e. The van der Waals surface area contributed by atoms with Crippen molar-refractivity contribution in [1.29, 1.82) is 0 Å². The van der Waals surface area contributed by atoms with Gasteiger partial charge in [-0.3, -0.25) is 9.78 Å². The van der Waals surface area contributed by atoms with E-state index in [9.17, 15) is 13.2 Å². The lowest BCUT2D eigenvalue weighted by Crippen LogP contribution is -2.24.